The number of aryl methyl sites for hydroxylation is 1. The monoisotopic (exact) mass is 230 g/mol. The van der Waals surface area contributed by atoms with Crippen molar-refractivity contribution in [3.63, 3.8) is 0 Å². The molecule has 0 saturated carbocycles. The van der Waals surface area contributed by atoms with Crippen molar-refractivity contribution >= 4 is 11.5 Å². The van der Waals surface area contributed by atoms with Crippen LogP contribution in [0.4, 0.5) is 0 Å². The highest BCUT2D eigenvalue weighted by Gasteiger charge is 2.19. The molecule has 2 rings (SSSR count). The molecule has 90 valence electrons. The highest BCUT2D eigenvalue weighted by atomic mass is 16.2. The van der Waals surface area contributed by atoms with Crippen LogP contribution in [-0.4, -0.2) is 37.0 Å². The number of hydrogen-bond acceptors (Lipinski definition) is 2. The van der Waals surface area contributed by atoms with Gasteiger partial charge < -0.3 is 10.2 Å². The predicted molar refractivity (Wildman–Crippen MR) is 69.7 cm³/mol. The number of hydrogen-bond donors (Lipinski definition) is 1. The molecule has 1 saturated heterocycles. The number of nitrogens with one attached hydrogen (secondary N) is 1. The molecule has 1 aliphatic heterocycles. The lowest BCUT2D eigenvalue weighted by atomic mass is 10.0. The van der Waals surface area contributed by atoms with Crippen LogP contribution in [0.25, 0.3) is 5.57 Å². The third-order valence-corrected chi connectivity index (χ3v) is 3.03. The number of rotatable bonds is 2. The minimum atomic E-state index is 0.0529. The molecule has 3 heteroatoms. The molecular weight excluding hydrogens is 212 g/mol. The average molecular weight is 230 g/mol. The van der Waals surface area contributed by atoms with Gasteiger partial charge in [-0.15, -0.1) is 0 Å². The van der Waals surface area contributed by atoms with Gasteiger partial charge in [-0.2, -0.15) is 0 Å². The van der Waals surface area contributed by atoms with Gasteiger partial charge in [-0.1, -0.05) is 36.4 Å². The van der Waals surface area contributed by atoms with Gasteiger partial charge in [0.25, 0.3) is 5.91 Å². The molecule has 0 bridgehead atoms. The van der Waals surface area contributed by atoms with Crippen molar-refractivity contribution in [1.29, 1.82) is 0 Å². The van der Waals surface area contributed by atoms with Crippen molar-refractivity contribution in [1.82, 2.24) is 10.2 Å². The van der Waals surface area contributed by atoms with Crippen LogP contribution in [0.15, 0.2) is 30.8 Å². The number of carbonyl (C=O) groups excluding carboxylic acids is 1. The maximum absolute atomic E-state index is 12.2. The highest BCUT2D eigenvalue weighted by Crippen LogP contribution is 2.16. The van der Waals surface area contributed by atoms with Gasteiger partial charge in [-0.05, 0) is 12.5 Å². The van der Waals surface area contributed by atoms with E-state index in [2.05, 4.69) is 11.9 Å². The van der Waals surface area contributed by atoms with Gasteiger partial charge in [0.1, 0.15) is 0 Å². The summed E-state index contributed by atoms with van der Waals surface area (Å²) in [5, 5.41) is 3.23. The summed E-state index contributed by atoms with van der Waals surface area (Å²) < 4.78 is 0. The summed E-state index contributed by atoms with van der Waals surface area (Å²) in [6.45, 7) is 9.22. The lowest BCUT2D eigenvalue weighted by molar-refractivity contribution is -0.125. The maximum atomic E-state index is 12.2. The molecule has 0 aromatic heterocycles. The number of nitrogens with zero attached hydrogens (tertiary/aromatic N) is 1. The van der Waals surface area contributed by atoms with Gasteiger partial charge in [-0.3, -0.25) is 4.79 Å². The van der Waals surface area contributed by atoms with E-state index >= 15 is 0 Å². The summed E-state index contributed by atoms with van der Waals surface area (Å²) in [5.74, 6) is 0.0529. The van der Waals surface area contributed by atoms with Crippen LogP contribution < -0.4 is 5.32 Å². The fourth-order valence-corrected chi connectivity index (χ4v) is 2.02. The molecule has 0 unspecified atom stereocenters. The Labute approximate surface area is 102 Å². The summed E-state index contributed by atoms with van der Waals surface area (Å²) in [6.07, 6.45) is 0. The first kappa shape index (κ1) is 11.9. The van der Waals surface area contributed by atoms with Gasteiger partial charge in [0.2, 0.25) is 0 Å². The fourth-order valence-electron chi connectivity index (χ4n) is 2.02. The van der Waals surface area contributed by atoms with Crippen molar-refractivity contribution in [2.45, 2.75) is 6.92 Å². The summed E-state index contributed by atoms with van der Waals surface area (Å²) in [5.41, 5.74) is 2.67. The highest BCUT2D eigenvalue weighted by molar-refractivity contribution is 6.18. The molecule has 1 heterocycles. The molecule has 1 aliphatic rings. The molecular formula is C14H18N2O. The van der Waals surface area contributed by atoms with E-state index < -0.39 is 0 Å². The third kappa shape index (κ3) is 2.74. The number of carbonyl (C=O) groups is 1. The Morgan fingerprint density at radius 3 is 2.71 bits per heavy atom. The number of benzene rings is 1. The van der Waals surface area contributed by atoms with E-state index in [0.29, 0.717) is 5.57 Å². The molecule has 0 spiro atoms. The van der Waals surface area contributed by atoms with Crippen molar-refractivity contribution in [2.75, 3.05) is 26.2 Å². The largest absolute Gasteiger partial charge is 0.336 e. The lowest BCUT2D eigenvalue weighted by Crippen LogP contribution is -2.46. The molecule has 3 nitrogen and oxygen atoms in total. The van der Waals surface area contributed by atoms with E-state index in [1.165, 1.54) is 0 Å². The smallest absolute Gasteiger partial charge is 0.253 e. The Morgan fingerprint density at radius 1 is 1.35 bits per heavy atom. The second-order valence-corrected chi connectivity index (χ2v) is 4.39. The van der Waals surface area contributed by atoms with Crippen molar-refractivity contribution in [2.24, 2.45) is 0 Å². The van der Waals surface area contributed by atoms with Crippen molar-refractivity contribution in [3.05, 3.63) is 42.0 Å². The zero-order valence-electron chi connectivity index (χ0n) is 10.2. The molecule has 0 radical (unpaired) electrons. The molecule has 0 atom stereocenters. The van der Waals surface area contributed by atoms with Crippen LogP contribution in [0.1, 0.15) is 11.1 Å². The van der Waals surface area contributed by atoms with E-state index in [1.54, 1.807) is 0 Å². The lowest BCUT2D eigenvalue weighted by Gasteiger charge is -2.28. The van der Waals surface area contributed by atoms with Gasteiger partial charge in [0.05, 0.1) is 0 Å². The van der Waals surface area contributed by atoms with E-state index in [0.717, 1.165) is 37.3 Å². The summed E-state index contributed by atoms with van der Waals surface area (Å²) >= 11 is 0. The van der Waals surface area contributed by atoms with E-state index in [4.69, 9.17) is 0 Å². The number of amides is 1. The zero-order chi connectivity index (χ0) is 12.3. The Hall–Kier alpha value is -1.61. The van der Waals surface area contributed by atoms with E-state index in [9.17, 15) is 4.79 Å². The predicted octanol–water partition coefficient (Wildman–Crippen LogP) is 1.44. The first-order valence-corrected chi connectivity index (χ1v) is 5.94. The SMILES string of the molecule is C=C(C(=O)N1CCNCC1)c1cccc(C)c1. The van der Waals surface area contributed by atoms with Crippen LogP contribution in [0.5, 0.6) is 0 Å². The Bertz CT molecular complexity index is 434. The van der Waals surface area contributed by atoms with Crippen LogP contribution >= 0.6 is 0 Å². The number of piperazine rings is 1. The molecule has 0 aliphatic carbocycles. The van der Waals surface area contributed by atoms with Gasteiger partial charge in [0, 0.05) is 31.8 Å². The average Bonchev–Trinajstić information content (AvgIpc) is 2.38. The Morgan fingerprint density at radius 2 is 2.06 bits per heavy atom. The first-order chi connectivity index (χ1) is 8.18. The fraction of sp³-hybridized carbons (Fsp3) is 0.357. The molecule has 1 amide bonds. The third-order valence-electron chi connectivity index (χ3n) is 3.03. The molecule has 1 fully saturated rings. The second-order valence-electron chi connectivity index (χ2n) is 4.39. The molecule has 17 heavy (non-hydrogen) atoms. The topological polar surface area (TPSA) is 32.3 Å². The van der Waals surface area contributed by atoms with Crippen LogP contribution in [-0.2, 0) is 4.79 Å². The van der Waals surface area contributed by atoms with Crippen LogP contribution in [0.3, 0.4) is 0 Å². The summed E-state index contributed by atoms with van der Waals surface area (Å²) in [4.78, 5) is 14.1. The minimum absolute atomic E-state index is 0.0529. The quantitative estimate of drug-likeness (QED) is 0.780. The van der Waals surface area contributed by atoms with Gasteiger partial charge in [-0.25, -0.2) is 0 Å². The molecule has 1 aromatic carbocycles. The Kier molecular flexibility index (Phi) is 3.59. The van der Waals surface area contributed by atoms with Gasteiger partial charge >= 0.3 is 0 Å². The first-order valence-electron chi connectivity index (χ1n) is 5.94. The van der Waals surface area contributed by atoms with E-state index in [1.807, 2.05) is 36.1 Å². The normalized spacial score (nSPS) is 15.7. The minimum Gasteiger partial charge on any atom is -0.336 e. The zero-order valence-corrected chi connectivity index (χ0v) is 10.2. The summed E-state index contributed by atoms with van der Waals surface area (Å²) in [6, 6.07) is 7.92. The van der Waals surface area contributed by atoms with Crippen molar-refractivity contribution in [3.8, 4) is 0 Å². The standard InChI is InChI=1S/C14H18N2O/c1-11-4-3-5-13(10-11)12(2)14(17)16-8-6-15-7-9-16/h3-5,10,15H,2,6-9H2,1H3. The summed E-state index contributed by atoms with van der Waals surface area (Å²) in [7, 11) is 0. The second kappa shape index (κ2) is 5.15. The maximum Gasteiger partial charge on any atom is 0.253 e. The molecule has 1 N–H and O–H groups in total. The molecule has 1 aromatic rings. The van der Waals surface area contributed by atoms with E-state index in [-0.39, 0.29) is 5.91 Å². The van der Waals surface area contributed by atoms with Gasteiger partial charge in [0.15, 0.2) is 0 Å². The van der Waals surface area contributed by atoms with Crippen LogP contribution in [0, 0.1) is 6.92 Å². The van der Waals surface area contributed by atoms with Crippen LogP contribution in [0.2, 0.25) is 0 Å². The Balaban J connectivity index is 2.11. The van der Waals surface area contributed by atoms with Crippen molar-refractivity contribution < 1.29 is 4.79 Å².